The van der Waals surface area contributed by atoms with E-state index in [0.717, 1.165) is 11.1 Å². The van der Waals surface area contributed by atoms with Crippen molar-refractivity contribution in [2.75, 3.05) is 6.61 Å². The Morgan fingerprint density at radius 3 is 1.80 bits per heavy atom. The van der Waals surface area contributed by atoms with Crippen LogP contribution in [0.3, 0.4) is 0 Å². The molecule has 5 N–H and O–H groups in total. The molecule has 0 heterocycles. The van der Waals surface area contributed by atoms with Crippen LogP contribution in [0.5, 0.6) is 0 Å². The van der Waals surface area contributed by atoms with Crippen molar-refractivity contribution in [2.24, 2.45) is 10.7 Å². The van der Waals surface area contributed by atoms with Crippen LogP contribution in [0.2, 0.25) is 0 Å². The van der Waals surface area contributed by atoms with E-state index >= 15 is 0 Å². The maximum Gasteiger partial charge on any atom is 0.414 e. The van der Waals surface area contributed by atoms with E-state index in [2.05, 4.69) is 15.6 Å². The Labute approximate surface area is 230 Å². The average Bonchev–Trinajstić information content (AvgIpc) is 2.96. The zero-order valence-electron chi connectivity index (χ0n) is 21.7. The fourth-order valence-corrected chi connectivity index (χ4v) is 3.15. The van der Waals surface area contributed by atoms with Crippen molar-refractivity contribution >= 4 is 36.3 Å². The number of alkyl carbamates (subject to hydrolysis) is 2. The first-order chi connectivity index (χ1) is 19.4. The number of esters is 1. The van der Waals surface area contributed by atoms with Gasteiger partial charge in [-0.1, -0.05) is 60.7 Å². The highest BCUT2D eigenvalue weighted by Crippen LogP contribution is 2.19. The summed E-state index contributed by atoms with van der Waals surface area (Å²) >= 11 is 0. The number of rotatable bonds is 8. The predicted molar refractivity (Wildman–Crippen MR) is 146 cm³/mol. The molecule has 0 fully saturated rings. The van der Waals surface area contributed by atoms with Crippen LogP contribution < -0.4 is 16.4 Å². The number of nitrogens with two attached hydrogens (primary N) is 1. The number of aliphatic imine (C=N–C) groups is 1. The van der Waals surface area contributed by atoms with Crippen LogP contribution in [0.25, 0.3) is 0 Å². The Hall–Kier alpha value is -5.23. The highest BCUT2D eigenvalue weighted by Gasteiger charge is 2.15. The molecule has 0 radical (unpaired) electrons. The third kappa shape index (κ3) is 11.0. The lowest BCUT2D eigenvalue weighted by Gasteiger charge is -2.13. The Balaban J connectivity index is 0.00000178. The van der Waals surface area contributed by atoms with E-state index in [9.17, 15) is 14.4 Å². The maximum absolute atomic E-state index is 12.4. The number of guanidine groups is 1. The zero-order chi connectivity index (χ0) is 29.2. The van der Waals surface area contributed by atoms with Gasteiger partial charge in [-0.15, -0.1) is 0 Å². The van der Waals surface area contributed by atoms with E-state index in [-0.39, 0.29) is 38.8 Å². The van der Waals surface area contributed by atoms with Gasteiger partial charge in [0.25, 0.3) is 6.47 Å². The standard InChI is InChI=1S/C27H28N4O6.CH2O2/c1-2-35-24(32)23-14-13-22(15-21(23)16-28)29-25(30-26(33)36-17-19-9-5-3-6-10-19)31-27(34)37-18-20-11-7-4-8-12-20;2-1-3/h3-15H,2,16-18,28H2,1H3,(H2,29,30,31,33,34);1H,(H,2,3). The number of nitrogens with one attached hydrogen (secondary N) is 2. The fourth-order valence-electron chi connectivity index (χ4n) is 3.15. The average molecular weight is 551 g/mol. The summed E-state index contributed by atoms with van der Waals surface area (Å²) in [5, 5.41) is 11.7. The third-order valence-corrected chi connectivity index (χ3v) is 4.91. The van der Waals surface area contributed by atoms with Crippen molar-refractivity contribution in [1.82, 2.24) is 10.6 Å². The first-order valence-electron chi connectivity index (χ1n) is 12.0. The van der Waals surface area contributed by atoms with Crippen molar-refractivity contribution in [1.29, 1.82) is 0 Å². The number of hydrogen-bond acceptors (Lipinski definition) is 9. The number of amides is 2. The summed E-state index contributed by atoms with van der Waals surface area (Å²) in [6.07, 6.45) is -1.68. The van der Waals surface area contributed by atoms with Gasteiger partial charge in [0.05, 0.1) is 17.9 Å². The number of hydrogen-bond donors (Lipinski definition) is 4. The van der Waals surface area contributed by atoms with Crippen LogP contribution in [-0.2, 0) is 38.8 Å². The zero-order valence-corrected chi connectivity index (χ0v) is 21.7. The molecular formula is C28H30N4O8. The lowest BCUT2D eigenvalue weighted by molar-refractivity contribution is -0.122. The van der Waals surface area contributed by atoms with E-state index < -0.39 is 18.2 Å². The molecule has 0 bridgehead atoms. The SMILES string of the molecule is CCOC(=O)c1ccc(N=C(NC(=O)OCc2ccccc2)NC(=O)OCc2ccccc2)cc1CN.O=CO. The number of ether oxygens (including phenoxy) is 3. The highest BCUT2D eigenvalue weighted by molar-refractivity contribution is 6.02. The summed E-state index contributed by atoms with van der Waals surface area (Å²) in [5.41, 5.74) is 8.47. The van der Waals surface area contributed by atoms with Gasteiger partial charge in [0.2, 0.25) is 5.96 Å². The van der Waals surface area contributed by atoms with E-state index in [4.69, 9.17) is 29.8 Å². The van der Waals surface area contributed by atoms with Crippen LogP contribution in [0.1, 0.15) is 34.0 Å². The molecule has 0 spiro atoms. The minimum atomic E-state index is -0.840. The molecule has 3 rings (SSSR count). The lowest BCUT2D eigenvalue weighted by atomic mass is 10.1. The normalized spacial score (nSPS) is 9.65. The molecule has 0 aromatic heterocycles. The summed E-state index contributed by atoms with van der Waals surface area (Å²) in [4.78, 5) is 49.7. The van der Waals surface area contributed by atoms with E-state index in [0.29, 0.717) is 16.8 Å². The van der Waals surface area contributed by atoms with Gasteiger partial charge < -0.3 is 25.1 Å². The van der Waals surface area contributed by atoms with Crippen LogP contribution in [-0.4, -0.2) is 42.3 Å². The number of benzene rings is 3. The van der Waals surface area contributed by atoms with Gasteiger partial charge in [-0.25, -0.2) is 19.4 Å². The van der Waals surface area contributed by atoms with Crippen LogP contribution in [0, 0.1) is 0 Å². The molecule has 0 aliphatic carbocycles. The van der Waals surface area contributed by atoms with Crippen molar-refractivity contribution in [3.8, 4) is 0 Å². The molecule has 12 nitrogen and oxygen atoms in total. The number of carbonyl (C=O) groups is 4. The van der Waals surface area contributed by atoms with Crippen LogP contribution >= 0.6 is 0 Å². The Kier molecular flexibility index (Phi) is 13.4. The van der Waals surface area contributed by atoms with E-state index in [1.165, 1.54) is 12.1 Å². The largest absolute Gasteiger partial charge is 0.483 e. The second-order valence-electron chi connectivity index (χ2n) is 7.71. The molecule has 0 saturated heterocycles. The molecule has 210 valence electrons. The van der Waals surface area contributed by atoms with Crippen molar-refractivity contribution < 1.29 is 38.5 Å². The van der Waals surface area contributed by atoms with Gasteiger partial charge >= 0.3 is 18.2 Å². The molecule has 0 saturated carbocycles. The summed E-state index contributed by atoms with van der Waals surface area (Å²) in [6, 6.07) is 22.8. The smallest absolute Gasteiger partial charge is 0.414 e. The molecule has 2 amide bonds. The molecule has 12 heteroatoms. The molecule has 0 atom stereocenters. The molecule has 0 aliphatic rings. The second kappa shape index (κ2) is 17.3. The van der Waals surface area contributed by atoms with Gasteiger partial charge in [-0.3, -0.25) is 15.4 Å². The molecule has 0 aliphatic heterocycles. The monoisotopic (exact) mass is 550 g/mol. The third-order valence-electron chi connectivity index (χ3n) is 4.91. The molecular weight excluding hydrogens is 520 g/mol. The lowest BCUT2D eigenvalue weighted by Crippen LogP contribution is -2.44. The number of carbonyl (C=O) groups excluding carboxylic acids is 3. The van der Waals surface area contributed by atoms with Gasteiger partial charge in [0, 0.05) is 6.54 Å². The molecule has 40 heavy (non-hydrogen) atoms. The van der Waals surface area contributed by atoms with Crippen molar-refractivity contribution in [2.45, 2.75) is 26.7 Å². The summed E-state index contributed by atoms with van der Waals surface area (Å²) in [7, 11) is 0. The maximum atomic E-state index is 12.4. The minimum Gasteiger partial charge on any atom is -0.483 e. The first-order valence-corrected chi connectivity index (χ1v) is 12.0. The fraction of sp³-hybridized carbons (Fsp3) is 0.179. The number of carboxylic acid groups (broad SMARTS) is 1. The topological polar surface area (TPSA) is 179 Å². The Morgan fingerprint density at radius 2 is 1.35 bits per heavy atom. The highest BCUT2D eigenvalue weighted by atomic mass is 16.6. The second-order valence-corrected chi connectivity index (χ2v) is 7.71. The summed E-state index contributed by atoms with van der Waals surface area (Å²) < 4.78 is 15.5. The van der Waals surface area contributed by atoms with Crippen LogP contribution in [0.15, 0.2) is 83.9 Å². The predicted octanol–water partition coefficient (Wildman–Crippen LogP) is 3.86. The molecule has 3 aromatic rings. The summed E-state index contributed by atoms with van der Waals surface area (Å²) in [6.45, 7) is 1.76. The molecule has 3 aromatic carbocycles. The van der Waals surface area contributed by atoms with Crippen LogP contribution in [0.4, 0.5) is 15.3 Å². The quantitative estimate of drug-likeness (QED) is 0.106. The Bertz CT molecular complexity index is 1220. The molecule has 0 unspecified atom stereocenters. The first kappa shape index (κ1) is 31.0. The Morgan fingerprint density at radius 1 is 0.850 bits per heavy atom. The van der Waals surface area contributed by atoms with Crippen molar-refractivity contribution in [3.05, 3.63) is 101 Å². The van der Waals surface area contributed by atoms with E-state index in [1.807, 2.05) is 36.4 Å². The summed E-state index contributed by atoms with van der Waals surface area (Å²) in [5.74, 6) is -0.744. The van der Waals surface area contributed by atoms with Gasteiger partial charge in [-0.2, -0.15) is 0 Å². The minimum absolute atomic E-state index is 0.0178. The van der Waals surface area contributed by atoms with Crippen molar-refractivity contribution in [3.63, 3.8) is 0 Å². The van der Waals surface area contributed by atoms with E-state index in [1.54, 1.807) is 37.3 Å². The number of nitrogens with zero attached hydrogens (tertiary/aromatic N) is 1. The van der Waals surface area contributed by atoms with Gasteiger partial charge in [-0.05, 0) is 41.8 Å². The van der Waals surface area contributed by atoms with Gasteiger partial charge in [0.1, 0.15) is 13.2 Å². The van der Waals surface area contributed by atoms with Gasteiger partial charge in [0.15, 0.2) is 0 Å².